The van der Waals surface area contributed by atoms with Crippen LogP contribution in [0.3, 0.4) is 0 Å². The molecule has 9 heteroatoms. The maximum atomic E-state index is 12.8. The van der Waals surface area contributed by atoms with Gasteiger partial charge >= 0.3 is 12.0 Å². The molecular weight excluding hydrogens is 390 g/mol. The van der Waals surface area contributed by atoms with Crippen molar-refractivity contribution in [1.82, 2.24) is 15.2 Å². The second kappa shape index (κ2) is 9.23. The maximum Gasteiger partial charge on any atom is 0.326 e. The van der Waals surface area contributed by atoms with Gasteiger partial charge in [0.15, 0.2) is 12.4 Å². The van der Waals surface area contributed by atoms with Crippen LogP contribution in [0.25, 0.3) is 0 Å². The Kier molecular flexibility index (Phi) is 7.17. The summed E-state index contributed by atoms with van der Waals surface area (Å²) in [6, 6.07) is -0.632. The van der Waals surface area contributed by atoms with Crippen LogP contribution in [0.15, 0.2) is 0 Å². The molecule has 3 amide bonds. The molecule has 0 spiro atoms. The number of hydrogen-bond acceptors (Lipinski definition) is 6. The Hall–Kier alpha value is -2.97. The van der Waals surface area contributed by atoms with Gasteiger partial charge in [-0.05, 0) is 39.2 Å². The Morgan fingerprint density at radius 1 is 1.07 bits per heavy atom. The van der Waals surface area contributed by atoms with Crippen LogP contribution in [-0.2, 0) is 14.3 Å². The zero-order chi connectivity index (χ0) is 22.6. The highest BCUT2D eigenvalue weighted by atomic mass is 16.5. The second-order valence-corrected chi connectivity index (χ2v) is 7.67. The third-order valence-corrected chi connectivity index (χ3v) is 5.32. The number of aromatic amines is 1. The fourth-order valence-electron chi connectivity index (χ4n) is 4.09. The van der Waals surface area contributed by atoms with Crippen molar-refractivity contribution >= 4 is 29.5 Å². The molecule has 0 atom stereocenters. The number of imide groups is 1. The Bertz CT molecular complexity index is 880. The van der Waals surface area contributed by atoms with E-state index in [0.29, 0.717) is 42.5 Å². The number of amides is 3. The van der Waals surface area contributed by atoms with E-state index in [1.807, 2.05) is 13.8 Å². The van der Waals surface area contributed by atoms with Crippen molar-refractivity contribution in [2.24, 2.45) is 0 Å². The Labute approximate surface area is 175 Å². The van der Waals surface area contributed by atoms with Crippen molar-refractivity contribution < 1.29 is 28.7 Å². The highest BCUT2D eigenvalue weighted by molar-refractivity contribution is 6.09. The maximum absolute atomic E-state index is 12.8. The molecule has 1 aliphatic heterocycles. The summed E-state index contributed by atoms with van der Waals surface area (Å²) in [5.74, 6) is -1.97. The molecule has 1 saturated heterocycles. The summed E-state index contributed by atoms with van der Waals surface area (Å²) < 4.78 is 5.00. The number of ketones is 2. The normalized spacial score (nSPS) is 15.3. The summed E-state index contributed by atoms with van der Waals surface area (Å²) in [5, 5.41) is 2.72. The van der Waals surface area contributed by atoms with E-state index in [0.717, 1.165) is 4.90 Å². The van der Waals surface area contributed by atoms with E-state index in [2.05, 4.69) is 10.3 Å². The summed E-state index contributed by atoms with van der Waals surface area (Å²) in [6.07, 6.45) is 2.38. The van der Waals surface area contributed by atoms with Crippen molar-refractivity contribution in [2.75, 3.05) is 13.2 Å². The number of ether oxygens (including phenoxy) is 1. The minimum atomic E-state index is -0.987. The first-order chi connectivity index (χ1) is 14.1. The molecule has 1 aliphatic rings. The smallest absolute Gasteiger partial charge is 0.326 e. The molecule has 1 aromatic rings. The summed E-state index contributed by atoms with van der Waals surface area (Å²) >= 11 is 0. The first-order valence-corrected chi connectivity index (χ1v) is 10.1. The van der Waals surface area contributed by atoms with E-state index >= 15 is 0 Å². The van der Waals surface area contributed by atoms with Gasteiger partial charge in [-0.2, -0.15) is 0 Å². The minimum absolute atomic E-state index is 0.168. The van der Waals surface area contributed by atoms with Gasteiger partial charge in [-0.15, -0.1) is 0 Å². The summed E-state index contributed by atoms with van der Waals surface area (Å²) in [6.45, 7) is 7.45. The summed E-state index contributed by atoms with van der Waals surface area (Å²) in [5.41, 5.74) is 0.715. The highest BCUT2D eigenvalue weighted by Gasteiger charge is 2.50. The number of carbonyl (C=O) groups excluding carboxylic acids is 5. The van der Waals surface area contributed by atoms with E-state index in [-0.39, 0.29) is 11.5 Å². The topological polar surface area (TPSA) is 126 Å². The Morgan fingerprint density at radius 2 is 1.67 bits per heavy atom. The van der Waals surface area contributed by atoms with Crippen LogP contribution in [0.5, 0.6) is 0 Å². The predicted molar refractivity (Wildman–Crippen MR) is 108 cm³/mol. The van der Waals surface area contributed by atoms with Crippen molar-refractivity contribution in [3.8, 4) is 0 Å². The third-order valence-electron chi connectivity index (χ3n) is 5.32. The van der Waals surface area contributed by atoms with Crippen LogP contribution in [0.2, 0.25) is 0 Å². The average molecular weight is 419 g/mol. The van der Waals surface area contributed by atoms with E-state index in [4.69, 9.17) is 4.74 Å². The van der Waals surface area contributed by atoms with Crippen LogP contribution < -0.4 is 5.32 Å². The lowest BCUT2D eigenvalue weighted by atomic mass is 9.88. The molecule has 2 heterocycles. The molecule has 164 valence electrons. The molecule has 1 aromatic heterocycles. The molecule has 2 N–H and O–H groups in total. The quantitative estimate of drug-likeness (QED) is 0.341. The van der Waals surface area contributed by atoms with Gasteiger partial charge in [-0.3, -0.25) is 24.1 Å². The number of rotatable bonds is 10. The molecule has 0 unspecified atom stereocenters. The fourth-order valence-corrected chi connectivity index (χ4v) is 4.09. The molecule has 9 nitrogen and oxygen atoms in total. The number of hydrogen-bond donors (Lipinski definition) is 2. The zero-order valence-electron chi connectivity index (χ0n) is 18.1. The fraction of sp³-hybridized carbons (Fsp3) is 0.571. The first kappa shape index (κ1) is 23.3. The van der Waals surface area contributed by atoms with Gasteiger partial charge in [0.05, 0.1) is 5.69 Å². The van der Waals surface area contributed by atoms with Gasteiger partial charge in [0, 0.05) is 11.3 Å². The van der Waals surface area contributed by atoms with Crippen LogP contribution in [-0.4, -0.2) is 58.0 Å². The van der Waals surface area contributed by atoms with E-state index in [9.17, 15) is 24.0 Å². The number of aryl methyl sites for hydroxylation is 1. The number of H-pyrrole nitrogens is 1. The number of carbonyl (C=O) groups is 5. The lowest BCUT2D eigenvalue weighted by Gasteiger charge is -2.25. The average Bonchev–Trinajstić information content (AvgIpc) is 3.08. The first-order valence-electron chi connectivity index (χ1n) is 10.1. The molecule has 30 heavy (non-hydrogen) atoms. The Morgan fingerprint density at radius 3 is 2.17 bits per heavy atom. The summed E-state index contributed by atoms with van der Waals surface area (Å²) in [4.78, 5) is 65.1. The van der Waals surface area contributed by atoms with Crippen LogP contribution >= 0.6 is 0 Å². The predicted octanol–water partition coefficient (Wildman–Crippen LogP) is 2.45. The molecule has 0 aliphatic carbocycles. The van der Waals surface area contributed by atoms with Gasteiger partial charge in [0.25, 0.3) is 5.91 Å². The minimum Gasteiger partial charge on any atom is -0.456 e. The lowest BCUT2D eigenvalue weighted by molar-refractivity contribution is -0.147. The largest absolute Gasteiger partial charge is 0.456 e. The number of nitrogens with one attached hydrogen (secondary N) is 2. The molecule has 2 rings (SSSR count). The number of esters is 1. The number of nitrogens with zero attached hydrogens (tertiary/aromatic N) is 1. The van der Waals surface area contributed by atoms with Gasteiger partial charge in [0.2, 0.25) is 5.78 Å². The molecule has 0 saturated carbocycles. The van der Waals surface area contributed by atoms with Gasteiger partial charge in [-0.1, -0.05) is 26.7 Å². The van der Waals surface area contributed by atoms with Gasteiger partial charge in [-0.25, -0.2) is 4.79 Å². The number of Topliss-reactive ketones (excluding diaryl/α,β-unsaturated/α-hetero) is 2. The monoisotopic (exact) mass is 419 g/mol. The van der Waals surface area contributed by atoms with E-state index < -0.39 is 42.4 Å². The van der Waals surface area contributed by atoms with Crippen molar-refractivity contribution in [3.05, 3.63) is 22.5 Å². The SMILES string of the molecule is CCCC1(CCC)NC(=O)N(CC(=O)OCC(=O)c2[nH]c(C)c(C(C)=O)c2C)C1=O. The number of aromatic nitrogens is 1. The summed E-state index contributed by atoms with van der Waals surface area (Å²) in [7, 11) is 0. The van der Waals surface area contributed by atoms with E-state index in [1.165, 1.54) is 6.92 Å². The van der Waals surface area contributed by atoms with Crippen LogP contribution in [0, 0.1) is 13.8 Å². The van der Waals surface area contributed by atoms with Gasteiger partial charge in [0.1, 0.15) is 12.1 Å². The van der Waals surface area contributed by atoms with E-state index in [1.54, 1.807) is 13.8 Å². The Balaban J connectivity index is 2.02. The lowest BCUT2D eigenvalue weighted by Crippen LogP contribution is -2.47. The third kappa shape index (κ3) is 4.44. The molecule has 0 bridgehead atoms. The van der Waals surface area contributed by atoms with Crippen molar-refractivity contribution in [3.63, 3.8) is 0 Å². The highest BCUT2D eigenvalue weighted by Crippen LogP contribution is 2.28. The zero-order valence-corrected chi connectivity index (χ0v) is 18.1. The molecule has 0 radical (unpaired) electrons. The standard InChI is InChI=1S/C21H29N3O6/c1-6-8-21(9-7-2)19(28)24(20(29)23-21)10-16(27)30-11-15(26)18-12(3)17(14(5)25)13(4)22-18/h22H,6-11H2,1-5H3,(H,23,29). The molecule has 0 aromatic carbocycles. The second-order valence-electron chi connectivity index (χ2n) is 7.67. The molecule has 1 fully saturated rings. The molecular formula is C21H29N3O6. The van der Waals surface area contributed by atoms with Crippen LogP contribution in [0.1, 0.15) is 78.6 Å². The van der Waals surface area contributed by atoms with Crippen molar-refractivity contribution in [2.45, 2.75) is 65.8 Å². The van der Waals surface area contributed by atoms with Gasteiger partial charge < -0.3 is 15.0 Å². The number of urea groups is 1. The van der Waals surface area contributed by atoms with Crippen LogP contribution in [0.4, 0.5) is 4.79 Å². The van der Waals surface area contributed by atoms with Crippen molar-refractivity contribution in [1.29, 1.82) is 0 Å².